The van der Waals surface area contributed by atoms with Crippen molar-refractivity contribution in [3.05, 3.63) is 88.7 Å². The first kappa shape index (κ1) is 15.9. The number of hydrogen-bond acceptors (Lipinski definition) is 4. The van der Waals surface area contributed by atoms with Crippen molar-refractivity contribution in [2.45, 2.75) is 6.54 Å². The molecule has 26 heavy (non-hydrogen) atoms. The Morgan fingerprint density at radius 3 is 2.58 bits per heavy atom. The van der Waals surface area contributed by atoms with E-state index in [1.54, 1.807) is 12.1 Å². The molecule has 0 unspecified atom stereocenters. The maximum atomic E-state index is 13.1. The van der Waals surface area contributed by atoms with Crippen LogP contribution in [0.4, 0.5) is 4.39 Å². The molecule has 0 radical (unpaired) electrons. The summed E-state index contributed by atoms with van der Waals surface area (Å²) in [4.78, 5) is 16.9. The first-order chi connectivity index (χ1) is 12.7. The van der Waals surface area contributed by atoms with Crippen LogP contribution in [0.25, 0.3) is 22.9 Å². The maximum absolute atomic E-state index is 13.1. The van der Waals surface area contributed by atoms with E-state index in [0.29, 0.717) is 17.9 Å². The van der Waals surface area contributed by atoms with Crippen LogP contribution >= 0.6 is 0 Å². The molecule has 6 nitrogen and oxygen atoms in total. The summed E-state index contributed by atoms with van der Waals surface area (Å²) in [7, 11) is 0. The molecular formula is C19H14FN5O. The van der Waals surface area contributed by atoms with Crippen LogP contribution in [0.15, 0.2) is 71.8 Å². The van der Waals surface area contributed by atoms with Crippen molar-refractivity contribution in [1.29, 1.82) is 0 Å². The van der Waals surface area contributed by atoms with Gasteiger partial charge in [-0.05, 0) is 29.8 Å². The van der Waals surface area contributed by atoms with Gasteiger partial charge in [0.15, 0.2) is 11.2 Å². The number of allylic oxidation sites excluding steroid dienone is 1. The van der Waals surface area contributed by atoms with Gasteiger partial charge in [0, 0.05) is 6.54 Å². The molecule has 2 aromatic carbocycles. The Labute approximate surface area is 147 Å². The second-order valence-electron chi connectivity index (χ2n) is 5.67. The molecule has 0 atom stereocenters. The largest absolute Gasteiger partial charge is 0.293 e. The molecule has 0 saturated carbocycles. The highest BCUT2D eigenvalue weighted by Gasteiger charge is 2.12. The summed E-state index contributed by atoms with van der Waals surface area (Å²) in [6.07, 6.45) is 5.28. The lowest BCUT2D eigenvalue weighted by Gasteiger charge is -2.03. The highest BCUT2D eigenvalue weighted by atomic mass is 19.1. The van der Waals surface area contributed by atoms with E-state index in [4.69, 9.17) is 0 Å². The van der Waals surface area contributed by atoms with Crippen molar-refractivity contribution in [1.82, 2.24) is 24.5 Å². The second kappa shape index (κ2) is 6.72. The summed E-state index contributed by atoms with van der Waals surface area (Å²) in [6, 6.07) is 15.6. The number of halogens is 1. The molecule has 0 aliphatic heterocycles. The zero-order valence-electron chi connectivity index (χ0n) is 13.7. The Hall–Kier alpha value is -3.61. The molecule has 0 amide bonds. The molecule has 4 rings (SSSR count). The highest BCUT2D eigenvalue weighted by Crippen LogP contribution is 2.12. The Bertz CT molecular complexity index is 1130. The Balaban J connectivity index is 1.65. The molecule has 0 N–H and O–H groups in total. The van der Waals surface area contributed by atoms with Crippen LogP contribution in [-0.2, 0) is 6.54 Å². The Kier molecular flexibility index (Phi) is 4.10. The van der Waals surface area contributed by atoms with E-state index in [-0.39, 0.29) is 16.9 Å². The normalized spacial score (nSPS) is 11.4. The molecule has 0 aliphatic rings. The van der Waals surface area contributed by atoms with Crippen LogP contribution in [0.5, 0.6) is 0 Å². The van der Waals surface area contributed by atoms with Gasteiger partial charge in [-0.3, -0.25) is 9.36 Å². The lowest BCUT2D eigenvalue weighted by atomic mass is 10.2. The van der Waals surface area contributed by atoms with E-state index in [1.165, 1.54) is 27.7 Å². The maximum Gasteiger partial charge on any atom is 0.283 e. The van der Waals surface area contributed by atoms with Gasteiger partial charge in [-0.1, -0.05) is 47.7 Å². The number of nitrogens with zero attached hydrogens (tertiary/aromatic N) is 5. The highest BCUT2D eigenvalue weighted by molar-refractivity contribution is 5.70. The summed E-state index contributed by atoms with van der Waals surface area (Å²) in [5.74, 6) is -0.348. The average Bonchev–Trinajstić information content (AvgIpc) is 3.10. The predicted octanol–water partition coefficient (Wildman–Crippen LogP) is 2.83. The van der Waals surface area contributed by atoms with Gasteiger partial charge in [-0.15, -0.1) is 5.10 Å². The fourth-order valence-electron chi connectivity index (χ4n) is 2.60. The van der Waals surface area contributed by atoms with Crippen molar-refractivity contribution in [3.63, 3.8) is 0 Å². The van der Waals surface area contributed by atoms with Gasteiger partial charge in [-0.2, -0.15) is 4.68 Å². The molecule has 4 aromatic rings. The van der Waals surface area contributed by atoms with Crippen molar-refractivity contribution in [2.75, 3.05) is 0 Å². The molecule has 0 saturated heterocycles. The van der Waals surface area contributed by atoms with Crippen LogP contribution in [-0.4, -0.2) is 24.5 Å². The lowest BCUT2D eigenvalue weighted by molar-refractivity contribution is 0.627. The van der Waals surface area contributed by atoms with E-state index >= 15 is 0 Å². The van der Waals surface area contributed by atoms with Gasteiger partial charge in [0.2, 0.25) is 0 Å². The van der Waals surface area contributed by atoms with E-state index in [9.17, 15) is 9.18 Å². The molecule has 0 fully saturated rings. The standard InChI is InChI=1S/C19H14FN5O/c20-15-8-10-16(11-9-15)25-18-17(22-23-25)19(26)24(13-21-18)12-4-7-14-5-2-1-3-6-14/h1-11,13H,12H2/b7-4+. The van der Waals surface area contributed by atoms with Gasteiger partial charge in [0.1, 0.15) is 12.1 Å². The Morgan fingerprint density at radius 1 is 1.04 bits per heavy atom. The molecular weight excluding hydrogens is 333 g/mol. The summed E-state index contributed by atoms with van der Waals surface area (Å²) in [5.41, 5.74) is 1.87. The molecule has 0 aliphatic carbocycles. The minimum Gasteiger partial charge on any atom is -0.293 e. The fraction of sp³-hybridized carbons (Fsp3) is 0.0526. The number of benzene rings is 2. The third-order valence-electron chi connectivity index (χ3n) is 3.91. The Morgan fingerprint density at radius 2 is 1.81 bits per heavy atom. The summed E-state index contributed by atoms with van der Waals surface area (Å²) >= 11 is 0. The van der Waals surface area contributed by atoms with Crippen LogP contribution < -0.4 is 5.56 Å². The van der Waals surface area contributed by atoms with Crippen molar-refractivity contribution in [3.8, 4) is 5.69 Å². The SMILES string of the molecule is O=c1c2nnn(-c3ccc(F)cc3)c2ncn1C/C=C/c1ccccc1. The molecule has 0 bridgehead atoms. The smallest absolute Gasteiger partial charge is 0.283 e. The quantitative estimate of drug-likeness (QED) is 0.569. The first-order valence-electron chi connectivity index (χ1n) is 8.01. The lowest BCUT2D eigenvalue weighted by Crippen LogP contribution is -2.20. The van der Waals surface area contributed by atoms with Crippen LogP contribution in [0.2, 0.25) is 0 Å². The second-order valence-corrected chi connectivity index (χ2v) is 5.67. The van der Waals surface area contributed by atoms with Gasteiger partial charge in [0.25, 0.3) is 5.56 Å². The van der Waals surface area contributed by atoms with Gasteiger partial charge in [-0.25, -0.2) is 9.37 Å². The number of rotatable bonds is 4. The summed E-state index contributed by atoms with van der Waals surface area (Å²) in [5, 5.41) is 7.92. The molecule has 2 heterocycles. The minimum atomic E-state index is -0.348. The minimum absolute atomic E-state index is 0.171. The molecule has 128 valence electrons. The topological polar surface area (TPSA) is 65.6 Å². The van der Waals surface area contributed by atoms with Gasteiger partial charge in [0.05, 0.1) is 5.69 Å². The van der Waals surface area contributed by atoms with Crippen molar-refractivity contribution >= 4 is 17.2 Å². The van der Waals surface area contributed by atoms with Gasteiger partial charge < -0.3 is 0 Å². The summed E-state index contributed by atoms with van der Waals surface area (Å²) in [6.45, 7) is 0.375. The van der Waals surface area contributed by atoms with Crippen molar-refractivity contribution in [2.24, 2.45) is 0 Å². The zero-order chi connectivity index (χ0) is 17.9. The average molecular weight is 347 g/mol. The number of aromatic nitrogens is 5. The van der Waals surface area contributed by atoms with Crippen LogP contribution in [0.3, 0.4) is 0 Å². The van der Waals surface area contributed by atoms with Crippen LogP contribution in [0.1, 0.15) is 5.56 Å². The molecule has 7 heteroatoms. The fourth-order valence-corrected chi connectivity index (χ4v) is 2.60. The first-order valence-corrected chi connectivity index (χ1v) is 8.01. The van der Waals surface area contributed by atoms with Crippen molar-refractivity contribution < 1.29 is 4.39 Å². The number of hydrogen-bond donors (Lipinski definition) is 0. The van der Waals surface area contributed by atoms with E-state index < -0.39 is 0 Å². The monoisotopic (exact) mass is 347 g/mol. The molecule has 0 spiro atoms. The van der Waals surface area contributed by atoms with E-state index in [1.807, 2.05) is 42.5 Å². The third-order valence-corrected chi connectivity index (χ3v) is 3.91. The molecule has 2 aromatic heterocycles. The van der Waals surface area contributed by atoms with Crippen LogP contribution in [0, 0.1) is 5.82 Å². The van der Waals surface area contributed by atoms with E-state index in [2.05, 4.69) is 15.3 Å². The third kappa shape index (κ3) is 3.02. The van der Waals surface area contributed by atoms with Gasteiger partial charge >= 0.3 is 0 Å². The number of fused-ring (bicyclic) bond motifs is 1. The summed E-state index contributed by atoms with van der Waals surface area (Å²) < 4.78 is 16.0. The predicted molar refractivity (Wildman–Crippen MR) is 96.4 cm³/mol. The zero-order valence-corrected chi connectivity index (χ0v) is 13.7. The van der Waals surface area contributed by atoms with E-state index in [0.717, 1.165) is 5.56 Å².